The number of piperidine rings is 1. The maximum absolute atomic E-state index is 12.5. The third-order valence-electron chi connectivity index (χ3n) is 5.20. The molecule has 0 radical (unpaired) electrons. The Kier molecular flexibility index (Phi) is 6.86. The van der Waals surface area contributed by atoms with Crippen LogP contribution in [0.15, 0.2) is 0 Å². The minimum absolute atomic E-state index is 0.0370. The van der Waals surface area contributed by atoms with Crippen LogP contribution < -0.4 is 5.32 Å². The summed E-state index contributed by atoms with van der Waals surface area (Å²) in [5.74, 6) is -0.807. The molecule has 1 saturated carbocycles. The van der Waals surface area contributed by atoms with Gasteiger partial charge in [-0.2, -0.15) is 0 Å². The van der Waals surface area contributed by atoms with E-state index >= 15 is 0 Å². The van der Waals surface area contributed by atoms with Gasteiger partial charge in [0.15, 0.2) is 0 Å². The number of likely N-dealkylation sites (N-methyl/N-ethyl adjacent to an activating group) is 1. The molecule has 0 aromatic carbocycles. The Bertz CT molecular complexity index is 438. The van der Waals surface area contributed by atoms with Crippen molar-refractivity contribution >= 4 is 12.0 Å². The van der Waals surface area contributed by atoms with Gasteiger partial charge in [-0.25, -0.2) is 4.79 Å². The molecule has 2 rings (SSSR count). The summed E-state index contributed by atoms with van der Waals surface area (Å²) in [5.41, 5.74) is 0. The number of hydrogen-bond donors (Lipinski definition) is 3. The van der Waals surface area contributed by atoms with Crippen LogP contribution in [0.3, 0.4) is 0 Å². The number of rotatable bonds is 7. The zero-order valence-corrected chi connectivity index (χ0v) is 14.8. The number of hydrogen-bond acceptors (Lipinski definition) is 4. The average Bonchev–Trinajstić information content (AvgIpc) is 2.48. The Morgan fingerprint density at radius 1 is 1.33 bits per heavy atom. The lowest BCUT2D eigenvalue weighted by molar-refractivity contribution is -0.139. The van der Waals surface area contributed by atoms with Crippen LogP contribution in [0.4, 0.5) is 4.79 Å². The van der Waals surface area contributed by atoms with Crippen molar-refractivity contribution < 1.29 is 19.8 Å². The van der Waals surface area contributed by atoms with E-state index in [-0.39, 0.29) is 30.7 Å². The highest BCUT2D eigenvalue weighted by Crippen LogP contribution is 2.27. The van der Waals surface area contributed by atoms with Crippen LogP contribution in [0.5, 0.6) is 0 Å². The monoisotopic (exact) mass is 341 g/mol. The maximum atomic E-state index is 12.5. The number of carboxylic acids is 1. The van der Waals surface area contributed by atoms with E-state index in [9.17, 15) is 14.7 Å². The van der Waals surface area contributed by atoms with E-state index in [1.807, 2.05) is 16.7 Å². The maximum Gasteiger partial charge on any atom is 0.317 e. The van der Waals surface area contributed by atoms with Gasteiger partial charge < -0.3 is 20.4 Å². The molecule has 1 saturated heterocycles. The number of aliphatic hydroxyl groups excluding tert-OH is 1. The number of carbonyl (C=O) groups is 2. The van der Waals surface area contributed by atoms with Gasteiger partial charge >= 0.3 is 12.0 Å². The normalized spacial score (nSPS) is 28.3. The van der Waals surface area contributed by atoms with Crippen molar-refractivity contribution in [3.05, 3.63) is 0 Å². The standard InChI is InChI=1S/C17H31N3O4/c1-3-19(11-16(22)23)15-9-13(10-15)18-17(24)20-7-5-4-6-14(20)8-12(2)21/h12-15,21H,3-11H2,1-2H3,(H,18,24)(H,22,23). The van der Waals surface area contributed by atoms with Gasteiger partial charge in [0.2, 0.25) is 0 Å². The lowest BCUT2D eigenvalue weighted by atomic mass is 9.85. The Morgan fingerprint density at radius 2 is 2.04 bits per heavy atom. The third kappa shape index (κ3) is 5.08. The molecule has 1 aliphatic carbocycles. The van der Waals surface area contributed by atoms with Crippen molar-refractivity contribution in [2.45, 2.75) is 76.6 Å². The van der Waals surface area contributed by atoms with Gasteiger partial charge in [0, 0.05) is 24.7 Å². The number of carbonyl (C=O) groups excluding carboxylic acids is 1. The molecule has 7 heteroatoms. The second-order valence-electron chi connectivity index (χ2n) is 7.16. The van der Waals surface area contributed by atoms with Crippen LogP contribution in [0.2, 0.25) is 0 Å². The van der Waals surface area contributed by atoms with Crippen LogP contribution >= 0.6 is 0 Å². The fraction of sp³-hybridized carbons (Fsp3) is 0.882. The molecule has 0 spiro atoms. The topological polar surface area (TPSA) is 93.1 Å². The summed E-state index contributed by atoms with van der Waals surface area (Å²) in [5, 5.41) is 21.6. The third-order valence-corrected chi connectivity index (χ3v) is 5.20. The molecule has 2 atom stereocenters. The van der Waals surface area contributed by atoms with E-state index in [2.05, 4.69) is 5.32 Å². The van der Waals surface area contributed by atoms with Crippen molar-refractivity contribution in [3.8, 4) is 0 Å². The molecule has 24 heavy (non-hydrogen) atoms. The first-order valence-electron chi connectivity index (χ1n) is 9.11. The summed E-state index contributed by atoms with van der Waals surface area (Å²) >= 11 is 0. The van der Waals surface area contributed by atoms with Crippen LogP contribution in [0, 0.1) is 0 Å². The summed E-state index contributed by atoms with van der Waals surface area (Å²) in [6.07, 6.45) is 4.91. The Labute approximate surface area is 144 Å². The Balaban J connectivity index is 1.79. The molecule has 2 fully saturated rings. The van der Waals surface area contributed by atoms with Gasteiger partial charge in [-0.3, -0.25) is 9.69 Å². The highest BCUT2D eigenvalue weighted by atomic mass is 16.4. The van der Waals surface area contributed by atoms with Crippen molar-refractivity contribution in [2.75, 3.05) is 19.6 Å². The van der Waals surface area contributed by atoms with E-state index in [1.165, 1.54) is 0 Å². The van der Waals surface area contributed by atoms with E-state index in [4.69, 9.17) is 5.11 Å². The first-order valence-corrected chi connectivity index (χ1v) is 9.11. The largest absolute Gasteiger partial charge is 0.480 e. The van der Waals surface area contributed by atoms with Gasteiger partial charge in [0.1, 0.15) is 0 Å². The summed E-state index contributed by atoms with van der Waals surface area (Å²) in [7, 11) is 0. The molecule has 0 aromatic heterocycles. The lowest BCUT2D eigenvalue weighted by Crippen LogP contribution is -2.58. The van der Waals surface area contributed by atoms with Crippen molar-refractivity contribution in [2.24, 2.45) is 0 Å². The van der Waals surface area contributed by atoms with Crippen molar-refractivity contribution in [3.63, 3.8) is 0 Å². The Morgan fingerprint density at radius 3 is 2.62 bits per heavy atom. The number of aliphatic carboxylic acids is 1. The number of nitrogens with zero attached hydrogens (tertiary/aromatic N) is 2. The first-order chi connectivity index (χ1) is 11.4. The van der Waals surface area contributed by atoms with Gasteiger partial charge in [-0.1, -0.05) is 6.92 Å². The molecule has 1 aliphatic heterocycles. The number of amides is 2. The fourth-order valence-electron chi connectivity index (χ4n) is 3.84. The highest BCUT2D eigenvalue weighted by molar-refractivity contribution is 5.75. The van der Waals surface area contributed by atoms with Crippen LogP contribution in [-0.2, 0) is 4.79 Å². The average molecular weight is 341 g/mol. The molecule has 0 bridgehead atoms. The molecular weight excluding hydrogens is 310 g/mol. The summed E-state index contributed by atoms with van der Waals surface area (Å²) in [6.45, 7) is 5.25. The predicted molar refractivity (Wildman–Crippen MR) is 90.9 cm³/mol. The smallest absolute Gasteiger partial charge is 0.317 e. The predicted octanol–water partition coefficient (Wildman–Crippen LogP) is 1.26. The number of carboxylic acid groups (broad SMARTS) is 1. The van der Waals surface area contributed by atoms with Gasteiger partial charge in [-0.15, -0.1) is 0 Å². The van der Waals surface area contributed by atoms with Crippen LogP contribution in [0.25, 0.3) is 0 Å². The van der Waals surface area contributed by atoms with Crippen LogP contribution in [0.1, 0.15) is 52.4 Å². The zero-order valence-electron chi connectivity index (χ0n) is 14.8. The molecule has 7 nitrogen and oxygen atoms in total. The molecule has 0 aromatic rings. The molecule has 138 valence electrons. The van der Waals surface area contributed by atoms with Crippen LogP contribution in [-0.4, -0.2) is 75.9 Å². The second kappa shape index (κ2) is 8.67. The van der Waals surface area contributed by atoms with Crippen molar-refractivity contribution in [1.29, 1.82) is 0 Å². The quantitative estimate of drug-likeness (QED) is 0.648. The number of aliphatic hydroxyl groups is 1. The van der Waals surface area contributed by atoms with Crippen molar-refractivity contribution in [1.82, 2.24) is 15.1 Å². The molecule has 2 aliphatic rings. The molecule has 2 unspecified atom stereocenters. The minimum atomic E-state index is -0.807. The summed E-state index contributed by atoms with van der Waals surface area (Å²) in [6, 6.07) is 0.448. The summed E-state index contributed by atoms with van der Waals surface area (Å²) < 4.78 is 0. The van der Waals surface area contributed by atoms with Gasteiger partial charge in [0.05, 0.1) is 12.6 Å². The fourth-order valence-corrected chi connectivity index (χ4v) is 3.84. The Hall–Kier alpha value is -1.34. The van der Waals surface area contributed by atoms with Gasteiger partial charge in [0.25, 0.3) is 0 Å². The summed E-state index contributed by atoms with van der Waals surface area (Å²) in [4.78, 5) is 27.2. The second-order valence-corrected chi connectivity index (χ2v) is 7.16. The minimum Gasteiger partial charge on any atom is -0.480 e. The molecule has 1 heterocycles. The highest BCUT2D eigenvalue weighted by Gasteiger charge is 2.36. The van der Waals surface area contributed by atoms with E-state index in [1.54, 1.807) is 6.92 Å². The SMILES string of the molecule is CCN(CC(=O)O)C1CC(NC(=O)N2CCCCC2CC(C)O)C1. The number of urea groups is 1. The van der Waals surface area contributed by atoms with Gasteiger partial charge in [-0.05, 0) is 52.0 Å². The molecular formula is C17H31N3O4. The molecule has 2 amide bonds. The number of likely N-dealkylation sites (tertiary alicyclic amines) is 1. The van der Waals surface area contributed by atoms with E-state index in [0.29, 0.717) is 13.0 Å². The number of nitrogens with one attached hydrogen (secondary N) is 1. The zero-order chi connectivity index (χ0) is 17.7. The van der Waals surface area contributed by atoms with E-state index in [0.717, 1.165) is 38.6 Å². The lowest BCUT2D eigenvalue weighted by Gasteiger charge is -2.44. The molecule has 3 N–H and O–H groups in total. The van der Waals surface area contributed by atoms with E-state index < -0.39 is 12.1 Å². The first kappa shape index (κ1) is 19.0.